The van der Waals surface area contributed by atoms with Crippen molar-refractivity contribution < 1.29 is 13.8 Å². The molecule has 0 saturated heterocycles. The average molecular weight is 138 g/mol. The third-order valence-electron chi connectivity index (χ3n) is 0.750. The third kappa shape index (κ3) is 3.19. The van der Waals surface area contributed by atoms with Gasteiger partial charge in [0.1, 0.15) is 6.35 Å². The summed E-state index contributed by atoms with van der Waals surface area (Å²) in [7, 11) is 0.516. The van der Waals surface area contributed by atoms with E-state index in [-0.39, 0.29) is 6.35 Å². The van der Waals surface area contributed by atoms with Crippen LogP contribution in [0.25, 0.3) is 0 Å². The van der Waals surface area contributed by atoms with Crippen LogP contribution >= 0.6 is 7.37 Å². The molecular weight excluding hydrogens is 127 g/mol. The highest BCUT2D eigenvalue weighted by atomic mass is 31.2. The fourth-order valence-corrected chi connectivity index (χ4v) is 0.862. The van der Waals surface area contributed by atoms with Crippen LogP contribution in [0.4, 0.5) is 0 Å². The highest BCUT2D eigenvalue weighted by Crippen LogP contribution is 2.40. The van der Waals surface area contributed by atoms with E-state index in [0.29, 0.717) is 0 Å². The van der Waals surface area contributed by atoms with Gasteiger partial charge in [0.05, 0.1) is 0 Å². The lowest BCUT2D eigenvalue weighted by Crippen LogP contribution is -1.91. The normalized spacial score (nSPS) is 17.9. The zero-order valence-electron chi connectivity index (χ0n) is 5.38. The van der Waals surface area contributed by atoms with E-state index in [2.05, 4.69) is 9.26 Å². The Morgan fingerprint density at radius 3 is 2.12 bits per heavy atom. The molecule has 1 unspecified atom stereocenters. The van der Waals surface area contributed by atoms with Gasteiger partial charge in [0.15, 0.2) is 0 Å². The summed E-state index contributed by atoms with van der Waals surface area (Å²) in [6.45, 7) is 1.54. The van der Waals surface area contributed by atoms with E-state index in [1.165, 1.54) is 20.9 Å². The molecule has 4 heteroatoms. The first-order valence-electron chi connectivity index (χ1n) is 2.23. The molecule has 0 heterocycles. The van der Waals surface area contributed by atoms with Crippen molar-refractivity contribution in [1.82, 2.24) is 0 Å². The minimum Gasteiger partial charge on any atom is -0.375 e. The van der Waals surface area contributed by atoms with Crippen LogP contribution in [0, 0.1) is 0 Å². The van der Waals surface area contributed by atoms with E-state index in [1.807, 2.05) is 0 Å². The van der Waals surface area contributed by atoms with Crippen LogP contribution in [0.3, 0.4) is 0 Å². The minimum atomic E-state index is -2.40. The van der Waals surface area contributed by atoms with Crippen LogP contribution in [0.15, 0.2) is 0 Å². The Bertz CT molecular complexity index is 101. The lowest BCUT2D eigenvalue weighted by molar-refractivity contribution is 0.232. The van der Waals surface area contributed by atoms with E-state index in [9.17, 15) is 4.57 Å². The maximum Gasteiger partial charge on any atom is 0.224 e. The molecule has 0 aromatic rings. The Hall–Kier alpha value is 0.150. The van der Waals surface area contributed by atoms with E-state index in [1.54, 1.807) is 0 Å². The van der Waals surface area contributed by atoms with Gasteiger partial charge in [0.2, 0.25) is 7.37 Å². The molecule has 0 amide bonds. The fraction of sp³-hybridized carbons (Fsp3) is 1.00. The molecule has 0 spiro atoms. The van der Waals surface area contributed by atoms with Gasteiger partial charge in [-0.3, -0.25) is 4.57 Å². The number of rotatable bonds is 3. The van der Waals surface area contributed by atoms with E-state index in [4.69, 9.17) is 0 Å². The molecular formula is C4H11O3P. The second-order valence-electron chi connectivity index (χ2n) is 1.61. The molecule has 0 radical (unpaired) electrons. The van der Waals surface area contributed by atoms with E-state index >= 15 is 0 Å². The van der Waals surface area contributed by atoms with Gasteiger partial charge in [-0.2, -0.15) is 0 Å². The molecule has 0 saturated carbocycles. The molecule has 3 nitrogen and oxygen atoms in total. The second-order valence-corrected chi connectivity index (χ2v) is 4.27. The van der Waals surface area contributed by atoms with Crippen LogP contribution < -0.4 is 0 Å². The van der Waals surface area contributed by atoms with Crippen molar-refractivity contribution in [1.29, 1.82) is 0 Å². The van der Waals surface area contributed by atoms with Crippen LogP contribution in [0.1, 0.15) is 0 Å². The van der Waals surface area contributed by atoms with Crippen molar-refractivity contribution in [2.75, 3.05) is 27.2 Å². The molecule has 0 rings (SSSR count). The predicted molar refractivity (Wildman–Crippen MR) is 32.4 cm³/mol. The van der Waals surface area contributed by atoms with Gasteiger partial charge in [-0.15, -0.1) is 0 Å². The van der Waals surface area contributed by atoms with Gasteiger partial charge in [-0.25, -0.2) is 0 Å². The molecule has 8 heavy (non-hydrogen) atoms. The average Bonchev–Trinajstić information content (AvgIpc) is 1.67. The Morgan fingerprint density at radius 2 is 2.00 bits per heavy atom. The Morgan fingerprint density at radius 1 is 1.50 bits per heavy atom. The molecule has 0 aromatic heterocycles. The van der Waals surface area contributed by atoms with Gasteiger partial charge < -0.3 is 9.26 Å². The van der Waals surface area contributed by atoms with Crippen molar-refractivity contribution in [2.45, 2.75) is 0 Å². The Kier molecular flexibility index (Phi) is 3.29. The highest BCUT2D eigenvalue weighted by Gasteiger charge is 2.11. The summed E-state index contributed by atoms with van der Waals surface area (Å²) in [5, 5.41) is 0. The van der Waals surface area contributed by atoms with Gasteiger partial charge >= 0.3 is 0 Å². The van der Waals surface area contributed by atoms with Crippen molar-refractivity contribution >= 4 is 7.37 Å². The monoisotopic (exact) mass is 138 g/mol. The summed E-state index contributed by atoms with van der Waals surface area (Å²) in [5.74, 6) is 0. The number of methoxy groups -OCH3 is 1. The standard InChI is InChI=1S/C4H11O3P/c1-6-4-8(3,5)7-2/h4H2,1-3H3. The molecule has 0 fully saturated rings. The Balaban J connectivity index is 3.55. The van der Waals surface area contributed by atoms with Crippen molar-refractivity contribution in [2.24, 2.45) is 0 Å². The molecule has 0 aliphatic rings. The van der Waals surface area contributed by atoms with Gasteiger partial charge in [-0.05, 0) is 0 Å². The predicted octanol–water partition coefficient (Wildman–Crippen LogP) is 1.14. The van der Waals surface area contributed by atoms with Gasteiger partial charge in [0.25, 0.3) is 0 Å². The maximum atomic E-state index is 10.8. The topological polar surface area (TPSA) is 35.5 Å². The number of ether oxygens (including phenoxy) is 1. The summed E-state index contributed by atoms with van der Waals surface area (Å²) >= 11 is 0. The quantitative estimate of drug-likeness (QED) is 0.548. The Labute approximate surface area is 49.4 Å². The lowest BCUT2D eigenvalue weighted by Gasteiger charge is -2.06. The smallest absolute Gasteiger partial charge is 0.224 e. The first-order chi connectivity index (χ1) is 3.62. The summed E-state index contributed by atoms with van der Waals surface area (Å²) in [6, 6.07) is 0. The van der Waals surface area contributed by atoms with Crippen molar-refractivity contribution in [3.63, 3.8) is 0 Å². The van der Waals surface area contributed by atoms with Crippen LogP contribution in [0.2, 0.25) is 0 Å². The molecule has 0 aromatic carbocycles. The highest BCUT2D eigenvalue weighted by molar-refractivity contribution is 7.57. The zero-order valence-corrected chi connectivity index (χ0v) is 6.27. The molecule has 0 aliphatic heterocycles. The van der Waals surface area contributed by atoms with Crippen molar-refractivity contribution in [3.05, 3.63) is 0 Å². The summed E-state index contributed by atoms with van der Waals surface area (Å²) in [4.78, 5) is 0. The van der Waals surface area contributed by atoms with Crippen LogP contribution in [-0.2, 0) is 13.8 Å². The van der Waals surface area contributed by atoms with Gasteiger partial charge in [-0.1, -0.05) is 0 Å². The van der Waals surface area contributed by atoms with Gasteiger partial charge in [0, 0.05) is 20.9 Å². The van der Waals surface area contributed by atoms with E-state index in [0.717, 1.165) is 0 Å². The summed E-state index contributed by atoms with van der Waals surface area (Å²) in [6.07, 6.45) is 0.198. The molecule has 0 aliphatic carbocycles. The minimum absolute atomic E-state index is 0.198. The maximum absolute atomic E-state index is 10.8. The second kappa shape index (κ2) is 3.23. The summed E-state index contributed by atoms with van der Waals surface area (Å²) in [5.41, 5.74) is 0. The van der Waals surface area contributed by atoms with E-state index < -0.39 is 7.37 Å². The molecule has 0 bridgehead atoms. The van der Waals surface area contributed by atoms with Crippen LogP contribution in [0.5, 0.6) is 0 Å². The molecule has 50 valence electrons. The zero-order chi connectivity index (χ0) is 6.62. The third-order valence-corrected chi connectivity index (χ3v) is 2.25. The largest absolute Gasteiger partial charge is 0.375 e. The van der Waals surface area contributed by atoms with Crippen molar-refractivity contribution in [3.8, 4) is 0 Å². The lowest BCUT2D eigenvalue weighted by atomic mass is 11.5. The number of hydrogen-bond donors (Lipinski definition) is 0. The fourth-order valence-electron chi connectivity index (χ4n) is 0.287. The molecule has 1 atom stereocenters. The summed E-state index contributed by atoms with van der Waals surface area (Å²) < 4.78 is 20.1. The SMILES string of the molecule is COCP(C)(=O)OC. The number of hydrogen-bond acceptors (Lipinski definition) is 3. The van der Waals surface area contributed by atoms with Crippen LogP contribution in [-0.4, -0.2) is 27.2 Å². The first kappa shape index (κ1) is 8.15. The first-order valence-corrected chi connectivity index (χ1v) is 4.49. The molecule has 0 N–H and O–H groups in total.